The van der Waals surface area contributed by atoms with Gasteiger partial charge >= 0.3 is 11.9 Å². The fourth-order valence-corrected chi connectivity index (χ4v) is 3.22. The molecular weight excluding hydrogens is 340 g/mol. The first-order valence-corrected chi connectivity index (χ1v) is 11.3. The van der Waals surface area contributed by atoms with Crippen molar-refractivity contribution in [2.45, 2.75) is 124 Å². The van der Waals surface area contributed by atoms with Crippen molar-refractivity contribution >= 4 is 11.9 Å². The SMILES string of the molecule is CCCCCCCCCCCCOC(=O)CCCC(=O)OC(C)CC(C)C. The van der Waals surface area contributed by atoms with E-state index < -0.39 is 0 Å². The fraction of sp³-hybridized carbons (Fsp3) is 0.913. The summed E-state index contributed by atoms with van der Waals surface area (Å²) in [6, 6.07) is 0. The molecule has 0 amide bonds. The number of carbonyl (C=O) groups excluding carboxylic acids is 2. The minimum atomic E-state index is -0.217. The Balaban J connectivity index is 3.40. The van der Waals surface area contributed by atoms with Crippen molar-refractivity contribution < 1.29 is 19.1 Å². The van der Waals surface area contributed by atoms with Gasteiger partial charge in [0.25, 0.3) is 0 Å². The van der Waals surface area contributed by atoms with E-state index in [2.05, 4.69) is 20.8 Å². The van der Waals surface area contributed by atoms with E-state index >= 15 is 0 Å². The maximum absolute atomic E-state index is 11.7. The summed E-state index contributed by atoms with van der Waals surface area (Å²) in [6.07, 6.45) is 14.6. The lowest BCUT2D eigenvalue weighted by atomic mass is 10.1. The van der Waals surface area contributed by atoms with Crippen molar-refractivity contribution in [1.82, 2.24) is 0 Å². The molecule has 0 aromatic rings. The van der Waals surface area contributed by atoms with Crippen molar-refractivity contribution in [1.29, 1.82) is 0 Å². The molecule has 4 heteroatoms. The number of esters is 2. The third-order valence-corrected chi connectivity index (χ3v) is 4.66. The zero-order valence-corrected chi connectivity index (χ0v) is 18.4. The predicted octanol–water partition coefficient (Wildman–Crippen LogP) is 6.60. The van der Waals surface area contributed by atoms with Crippen molar-refractivity contribution in [2.24, 2.45) is 5.92 Å². The molecule has 1 unspecified atom stereocenters. The Morgan fingerprint density at radius 2 is 1.22 bits per heavy atom. The Hall–Kier alpha value is -1.06. The van der Waals surface area contributed by atoms with Gasteiger partial charge < -0.3 is 9.47 Å². The van der Waals surface area contributed by atoms with Gasteiger partial charge in [-0.3, -0.25) is 9.59 Å². The first-order valence-electron chi connectivity index (χ1n) is 11.3. The van der Waals surface area contributed by atoms with Crippen LogP contribution in [0.25, 0.3) is 0 Å². The van der Waals surface area contributed by atoms with Gasteiger partial charge in [-0.1, -0.05) is 78.6 Å². The number of unbranched alkanes of at least 4 members (excludes halogenated alkanes) is 9. The highest BCUT2D eigenvalue weighted by atomic mass is 16.5. The summed E-state index contributed by atoms with van der Waals surface area (Å²) in [4.78, 5) is 23.4. The summed E-state index contributed by atoms with van der Waals surface area (Å²) >= 11 is 0. The van der Waals surface area contributed by atoms with Gasteiger partial charge in [0, 0.05) is 12.8 Å². The summed E-state index contributed by atoms with van der Waals surface area (Å²) in [5.74, 6) is 0.0909. The number of rotatable bonds is 18. The van der Waals surface area contributed by atoms with Crippen LogP contribution in [0.1, 0.15) is 118 Å². The molecule has 0 bridgehead atoms. The van der Waals surface area contributed by atoms with Gasteiger partial charge in [0.15, 0.2) is 0 Å². The second-order valence-electron chi connectivity index (χ2n) is 8.19. The number of carbonyl (C=O) groups is 2. The second-order valence-corrected chi connectivity index (χ2v) is 8.19. The van der Waals surface area contributed by atoms with Crippen LogP contribution in [0.2, 0.25) is 0 Å². The van der Waals surface area contributed by atoms with Gasteiger partial charge in [0.05, 0.1) is 12.7 Å². The molecule has 0 saturated carbocycles. The van der Waals surface area contributed by atoms with Gasteiger partial charge in [-0.15, -0.1) is 0 Å². The molecular formula is C23H44O4. The predicted molar refractivity (Wildman–Crippen MR) is 112 cm³/mol. The van der Waals surface area contributed by atoms with Crippen molar-refractivity contribution in [3.8, 4) is 0 Å². The topological polar surface area (TPSA) is 52.6 Å². The molecule has 0 aliphatic carbocycles. The average molecular weight is 385 g/mol. The van der Waals surface area contributed by atoms with Crippen LogP contribution in [0.5, 0.6) is 0 Å². The maximum Gasteiger partial charge on any atom is 0.306 e. The highest BCUT2D eigenvalue weighted by molar-refractivity contribution is 5.72. The highest BCUT2D eigenvalue weighted by Crippen LogP contribution is 2.11. The van der Waals surface area contributed by atoms with Crippen LogP contribution in [0.3, 0.4) is 0 Å². The maximum atomic E-state index is 11.7. The van der Waals surface area contributed by atoms with Crippen molar-refractivity contribution in [3.05, 3.63) is 0 Å². The molecule has 27 heavy (non-hydrogen) atoms. The van der Waals surface area contributed by atoms with E-state index in [1.165, 1.54) is 51.4 Å². The number of ether oxygens (including phenoxy) is 2. The zero-order valence-electron chi connectivity index (χ0n) is 18.4. The molecule has 4 nitrogen and oxygen atoms in total. The molecule has 0 N–H and O–H groups in total. The minimum Gasteiger partial charge on any atom is -0.466 e. The third kappa shape index (κ3) is 19.5. The average Bonchev–Trinajstić information content (AvgIpc) is 2.58. The third-order valence-electron chi connectivity index (χ3n) is 4.66. The quantitative estimate of drug-likeness (QED) is 0.197. The normalized spacial score (nSPS) is 12.2. The standard InChI is InChI=1S/C23H44O4/c1-5-6-7-8-9-10-11-12-13-14-18-26-22(24)16-15-17-23(25)27-21(4)19-20(2)3/h20-21H,5-19H2,1-4H3. The van der Waals surface area contributed by atoms with Crippen LogP contribution in [-0.2, 0) is 19.1 Å². The second kappa shape index (κ2) is 18.3. The Bertz CT molecular complexity index is 365. The molecule has 0 rings (SSSR count). The lowest BCUT2D eigenvalue weighted by molar-refractivity contribution is -0.149. The summed E-state index contributed by atoms with van der Waals surface area (Å²) in [5.41, 5.74) is 0. The minimum absolute atomic E-state index is 0.0548. The Labute approximate surface area is 167 Å². The zero-order chi connectivity index (χ0) is 20.3. The first kappa shape index (κ1) is 25.9. The Morgan fingerprint density at radius 1 is 0.704 bits per heavy atom. The van der Waals surface area contributed by atoms with Gasteiger partial charge in [-0.05, 0) is 32.1 Å². The molecule has 0 heterocycles. The van der Waals surface area contributed by atoms with E-state index in [4.69, 9.17) is 9.47 Å². The van der Waals surface area contributed by atoms with Crippen LogP contribution < -0.4 is 0 Å². The van der Waals surface area contributed by atoms with E-state index in [0.29, 0.717) is 25.4 Å². The van der Waals surface area contributed by atoms with E-state index in [9.17, 15) is 9.59 Å². The van der Waals surface area contributed by atoms with Gasteiger partial charge in [-0.25, -0.2) is 0 Å². The summed E-state index contributed by atoms with van der Waals surface area (Å²) in [6.45, 7) is 8.88. The Kier molecular flexibility index (Phi) is 17.6. The molecule has 0 aromatic heterocycles. The monoisotopic (exact) mass is 384 g/mol. The molecule has 0 saturated heterocycles. The fourth-order valence-electron chi connectivity index (χ4n) is 3.22. The summed E-state index contributed by atoms with van der Waals surface area (Å²) in [5, 5.41) is 0. The van der Waals surface area contributed by atoms with Crippen LogP contribution in [0.4, 0.5) is 0 Å². The number of hydrogen-bond acceptors (Lipinski definition) is 4. The molecule has 0 fully saturated rings. The molecule has 0 aromatic carbocycles. The molecule has 1 atom stereocenters. The summed E-state index contributed by atoms with van der Waals surface area (Å²) < 4.78 is 10.6. The van der Waals surface area contributed by atoms with Crippen LogP contribution >= 0.6 is 0 Å². The molecule has 0 aliphatic heterocycles. The van der Waals surface area contributed by atoms with Crippen molar-refractivity contribution in [3.63, 3.8) is 0 Å². The van der Waals surface area contributed by atoms with Crippen LogP contribution in [-0.4, -0.2) is 24.6 Å². The lowest BCUT2D eigenvalue weighted by Crippen LogP contribution is -2.17. The molecule has 0 spiro atoms. The highest BCUT2D eigenvalue weighted by Gasteiger charge is 2.12. The Morgan fingerprint density at radius 3 is 1.78 bits per heavy atom. The van der Waals surface area contributed by atoms with Gasteiger partial charge in [-0.2, -0.15) is 0 Å². The summed E-state index contributed by atoms with van der Waals surface area (Å²) in [7, 11) is 0. The van der Waals surface area contributed by atoms with Gasteiger partial charge in [0.1, 0.15) is 0 Å². The van der Waals surface area contributed by atoms with Gasteiger partial charge in [0.2, 0.25) is 0 Å². The smallest absolute Gasteiger partial charge is 0.306 e. The largest absolute Gasteiger partial charge is 0.466 e. The van der Waals surface area contributed by atoms with E-state index in [1.807, 2.05) is 6.92 Å². The van der Waals surface area contributed by atoms with E-state index in [-0.39, 0.29) is 24.5 Å². The van der Waals surface area contributed by atoms with E-state index in [1.54, 1.807) is 0 Å². The molecule has 0 aliphatic rings. The van der Waals surface area contributed by atoms with Crippen molar-refractivity contribution in [2.75, 3.05) is 6.61 Å². The number of hydrogen-bond donors (Lipinski definition) is 0. The van der Waals surface area contributed by atoms with Crippen LogP contribution in [0, 0.1) is 5.92 Å². The lowest BCUT2D eigenvalue weighted by Gasteiger charge is -2.15. The van der Waals surface area contributed by atoms with Crippen LogP contribution in [0.15, 0.2) is 0 Å². The first-order chi connectivity index (χ1) is 13.0. The molecule has 160 valence electrons. The van der Waals surface area contributed by atoms with E-state index in [0.717, 1.165) is 19.3 Å². The molecule has 0 radical (unpaired) electrons.